The highest BCUT2D eigenvalue weighted by Crippen LogP contribution is 2.23. The number of benzene rings is 1. The highest BCUT2D eigenvalue weighted by molar-refractivity contribution is 6.43. The molecule has 108 valence electrons. The van der Waals surface area contributed by atoms with Gasteiger partial charge in [0, 0.05) is 11.9 Å². The topological polar surface area (TPSA) is 71.1 Å². The maximum atomic E-state index is 11.9. The molecule has 0 spiro atoms. The molecule has 2 amide bonds. The van der Waals surface area contributed by atoms with E-state index in [2.05, 4.69) is 15.6 Å². The Kier molecular flexibility index (Phi) is 4.66. The second kappa shape index (κ2) is 6.65. The first kappa shape index (κ1) is 14.7. The molecule has 0 aliphatic carbocycles. The second-order valence-electron chi connectivity index (χ2n) is 4.89. The molecule has 0 aliphatic heterocycles. The SMILES string of the molecule is CC(C)c1ccccc1NC(=O)C(=O)Nc1cccnc1. The monoisotopic (exact) mass is 283 g/mol. The fraction of sp³-hybridized carbons (Fsp3) is 0.188. The van der Waals surface area contributed by atoms with Crippen LogP contribution in [0.4, 0.5) is 11.4 Å². The van der Waals surface area contributed by atoms with Crippen LogP contribution in [0.3, 0.4) is 0 Å². The zero-order valence-electron chi connectivity index (χ0n) is 12.0. The van der Waals surface area contributed by atoms with Gasteiger partial charge >= 0.3 is 11.8 Å². The minimum Gasteiger partial charge on any atom is -0.318 e. The molecule has 2 aromatic rings. The van der Waals surface area contributed by atoms with Gasteiger partial charge in [-0.3, -0.25) is 14.6 Å². The molecule has 21 heavy (non-hydrogen) atoms. The molecule has 2 rings (SSSR count). The fourth-order valence-electron chi connectivity index (χ4n) is 1.92. The van der Waals surface area contributed by atoms with Gasteiger partial charge in [-0.1, -0.05) is 32.0 Å². The molecule has 0 aliphatic rings. The third kappa shape index (κ3) is 3.89. The number of aromatic nitrogens is 1. The van der Waals surface area contributed by atoms with Crippen molar-refractivity contribution in [1.29, 1.82) is 0 Å². The van der Waals surface area contributed by atoms with Crippen molar-refractivity contribution in [3.8, 4) is 0 Å². The minimum atomic E-state index is -0.721. The van der Waals surface area contributed by atoms with Crippen LogP contribution in [0.1, 0.15) is 25.3 Å². The number of carbonyl (C=O) groups excluding carboxylic acids is 2. The molecule has 5 nitrogen and oxygen atoms in total. The molecule has 0 unspecified atom stereocenters. The Labute approximate surface area is 123 Å². The molecule has 0 saturated heterocycles. The fourth-order valence-corrected chi connectivity index (χ4v) is 1.92. The maximum Gasteiger partial charge on any atom is 0.314 e. The van der Waals surface area contributed by atoms with Crippen molar-refractivity contribution in [1.82, 2.24) is 4.98 Å². The van der Waals surface area contributed by atoms with Crippen molar-refractivity contribution in [2.75, 3.05) is 10.6 Å². The summed E-state index contributed by atoms with van der Waals surface area (Å²) in [5.74, 6) is -1.17. The highest BCUT2D eigenvalue weighted by Gasteiger charge is 2.16. The molecule has 1 aromatic heterocycles. The Bertz CT molecular complexity index is 639. The number of nitrogens with zero attached hydrogens (tertiary/aromatic N) is 1. The Hall–Kier alpha value is -2.69. The van der Waals surface area contributed by atoms with Crippen LogP contribution in [-0.2, 0) is 9.59 Å². The van der Waals surface area contributed by atoms with E-state index in [9.17, 15) is 9.59 Å². The second-order valence-corrected chi connectivity index (χ2v) is 4.89. The zero-order valence-corrected chi connectivity index (χ0v) is 12.0. The van der Waals surface area contributed by atoms with Crippen molar-refractivity contribution in [3.05, 3.63) is 54.4 Å². The standard InChI is InChI=1S/C16H17N3O2/c1-11(2)13-7-3-4-8-14(13)19-16(21)15(20)18-12-6-5-9-17-10-12/h3-11H,1-2H3,(H,18,20)(H,19,21). The molecule has 1 heterocycles. The lowest BCUT2D eigenvalue weighted by Crippen LogP contribution is -2.29. The Morgan fingerprint density at radius 3 is 2.38 bits per heavy atom. The average molecular weight is 283 g/mol. The van der Waals surface area contributed by atoms with Gasteiger partial charge < -0.3 is 10.6 Å². The first-order valence-electron chi connectivity index (χ1n) is 6.69. The normalized spacial score (nSPS) is 10.2. The molecule has 2 N–H and O–H groups in total. The molecule has 1 aromatic carbocycles. The first-order valence-corrected chi connectivity index (χ1v) is 6.69. The van der Waals surface area contributed by atoms with Crippen LogP contribution in [0.5, 0.6) is 0 Å². The van der Waals surface area contributed by atoms with Crippen molar-refractivity contribution in [3.63, 3.8) is 0 Å². The zero-order chi connectivity index (χ0) is 15.2. The van der Waals surface area contributed by atoms with Gasteiger partial charge in [0.05, 0.1) is 11.9 Å². The van der Waals surface area contributed by atoms with Crippen molar-refractivity contribution in [2.45, 2.75) is 19.8 Å². The molecule has 0 saturated carbocycles. The first-order chi connectivity index (χ1) is 10.1. The van der Waals surface area contributed by atoms with Gasteiger partial charge in [-0.05, 0) is 29.7 Å². The number of anilines is 2. The lowest BCUT2D eigenvalue weighted by atomic mass is 10.0. The average Bonchev–Trinajstić information content (AvgIpc) is 2.48. The lowest BCUT2D eigenvalue weighted by Gasteiger charge is -2.13. The van der Waals surface area contributed by atoms with Crippen molar-refractivity contribution < 1.29 is 9.59 Å². The van der Waals surface area contributed by atoms with E-state index < -0.39 is 11.8 Å². The Morgan fingerprint density at radius 1 is 1.00 bits per heavy atom. The van der Waals surface area contributed by atoms with Crippen molar-refractivity contribution in [2.24, 2.45) is 0 Å². The molecular formula is C16H17N3O2. The quantitative estimate of drug-likeness (QED) is 0.851. The predicted octanol–water partition coefficient (Wildman–Crippen LogP) is 2.78. The summed E-state index contributed by atoms with van der Waals surface area (Å²) in [6.45, 7) is 4.06. The molecule has 0 bridgehead atoms. The number of amides is 2. The molecule has 0 radical (unpaired) electrons. The van der Waals surface area contributed by atoms with Crippen LogP contribution in [0.2, 0.25) is 0 Å². The Balaban J connectivity index is 2.06. The number of hydrogen-bond donors (Lipinski definition) is 2. The van der Waals surface area contributed by atoms with Gasteiger partial charge in [0.1, 0.15) is 0 Å². The summed E-state index contributed by atoms with van der Waals surface area (Å²) in [5, 5.41) is 5.14. The van der Waals surface area contributed by atoms with Crippen LogP contribution in [0.15, 0.2) is 48.8 Å². The minimum absolute atomic E-state index is 0.253. The summed E-state index contributed by atoms with van der Waals surface area (Å²) < 4.78 is 0. The maximum absolute atomic E-state index is 11.9. The number of pyridine rings is 1. The molecule has 5 heteroatoms. The third-order valence-electron chi connectivity index (χ3n) is 2.96. The van der Waals surface area contributed by atoms with E-state index in [0.29, 0.717) is 11.4 Å². The summed E-state index contributed by atoms with van der Waals surface area (Å²) in [6.07, 6.45) is 3.07. The van der Waals surface area contributed by atoms with E-state index in [-0.39, 0.29) is 5.92 Å². The van der Waals surface area contributed by atoms with Crippen LogP contribution in [0.25, 0.3) is 0 Å². The van der Waals surface area contributed by atoms with E-state index >= 15 is 0 Å². The number of nitrogens with one attached hydrogen (secondary N) is 2. The predicted molar refractivity (Wildman–Crippen MR) is 82.0 cm³/mol. The highest BCUT2D eigenvalue weighted by atomic mass is 16.2. The summed E-state index contributed by atoms with van der Waals surface area (Å²) >= 11 is 0. The number of para-hydroxylation sites is 1. The number of hydrogen-bond acceptors (Lipinski definition) is 3. The van der Waals surface area contributed by atoms with Gasteiger partial charge in [-0.2, -0.15) is 0 Å². The number of carbonyl (C=O) groups is 2. The van der Waals surface area contributed by atoms with Gasteiger partial charge in [-0.25, -0.2) is 0 Å². The van der Waals surface area contributed by atoms with Crippen molar-refractivity contribution >= 4 is 23.2 Å². The summed E-state index contributed by atoms with van der Waals surface area (Å²) in [6, 6.07) is 10.8. The molecular weight excluding hydrogens is 266 g/mol. The molecule has 0 atom stereocenters. The van der Waals surface area contributed by atoms with Crippen LogP contribution >= 0.6 is 0 Å². The third-order valence-corrected chi connectivity index (χ3v) is 2.96. The number of rotatable bonds is 3. The van der Waals surface area contributed by atoms with Gasteiger partial charge in [0.25, 0.3) is 0 Å². The summed E-state index contributed by atoms with van der Waals surface area (Å²) in [5.41, 5.74) is 2.12. The smallest absolute Gasteiger partial charge is 0.314 e. The van der Waals surface area contributed by atoms with E-state index in [1.165, 1.54) is 6.20 Å². The van der Waals surface area contributed by atoms with Crippen LogP contribution in [-0.4, -0.2) is 16.8 Å². The molecule has 0 fully saturated rings. The van der Waals surface area contributed by atoms with E-state index in [4.69, 9.17) is 0 Å². The van der Waals surface area contributed by atoms with Crippen LogP contribution in [0, 0.1) is 0 Å². The lowest BCUT2D eigenvalue weighted by molar-refractivity contribution is -0.133. The van der Waals surface area contributed by atoms with E-state index in [0.717, 1.165) is 5.56 Å². The summed E-state index contributed by atoms with van der Waals surface area (Å²) in [4.78, 5) is 27.7. The van der Waals surface area contributed by atoms with Gasteiger partial charge in [-0.15, -0.1) is 0 Å². The van der Waals surface area contributed by atoms with Gasteiger partial charge in [0.2, 0.25) is 0 Å². The summed E-state index contributed by atoms with van der Waals surface area (Å²) in [7, 11) is 0. The van der Waals surface area contributed by atoms with Crippen LogP contribution < -0.4 is 10.6 Å². The largest absolute Gasteiger partial charge is 0.318 e. The Morgan fingerprint density at radius 2 is 1.71 bits per heavy atom. The van der Waals surface area contributed by atoms with E-state index in [1.54, 1.807) is 24.4 Å². The van der Waals surface area contributed by atoms with E-state index in [1.807, 2.05) is 32.0 Å². The van der Waals surface area contributed by atoms with Gasteiger partial charge in [0.15, 0.2) is 0 Å².